The highest BCUT2D eigenvalue weighted by Gasteiger charge is 2.22. The minimum atomic E-state index is -0.113. The van der Waals surface area contributed by atoms with Crippen LogP contribution in [-0.4, -0.2) is 47.3 Å². The first-order chi connectivity index (χ1) is 10.1. The quantitative estimate of drug-likeness (QED) is 0.875. The van der Waals surface area contributed by atoms with Crippen LogP contribution in [0.4, 0.5) is 5.95 Å². The number of morpholine rings is 1. The van der Waals surface area contributed by atoms with Gasteiger partial charge < -0.3 is 10.5 Å². The van der Waals surface area contributed by atoms with Gasteiger partial charge in [0.2, 0.25) is 5.95 Å². The van der Waals surface area contributed by atoms with Gasteiger partial charge >= 0.3 is 0 Å². The molecule has 0 amide bonds. The number of rotatable bonds is 2. The molecular weight excluding hydrogens is 336 g/mol. The van der Waals surface area contributed by atoms with Crippen molar-refractivity contribution in [1.29, 1.82) is 0 Å². The average molecular weight is 353 g/mol. The molecule has 2 aromatic rings. The Morgan fingerprint density at radius 2 is 2.33 bits per heavy atom. The van der Waals surface area contributed by atoms with Crippen LogP contribution in [0.1, 0.15) is 0 Å². The summed E-state index contributed by atoms with van der Waals surface area (Å²) in [5, 5.41) is 0.568. The van der Waals surface area contributed by atoms with E-state index >= 15 is 0 Å². The summed E-state index contributed by atoms with van der Waals surface area (Å²) in [4.78, 5) is 19.2. The molecule has 1 saturated heterocycles. The van der Waals surface area contributed by atoms with Gasteiger partial charge in [0.15, 0.2) is 0 Å². The molecule has 1 aromatic heterocycles. The minimum Gasteiger partial charge on any atom is -0.378 e. The summed E-state index contributed by atoms with van der Waals surface area (Å²) in [6.07, 6.45) is 0. The van der Waals surface area contributed by atoms with E-state index < -0.39 is 0 Å². The summed E-state index contributed by atoms with van der Waals surface area (Å²) >= 11 is 3.38. The van der Waals surface area contributed by atoms with Crippen molar-refractivity contribution >= 4 is 32.8 Å². The third kappa shape index (κ3) is 2.81. The maximum absolute atomic E-state index is 12.6. The van der Waals surface area contributed by atoms with Crippen LogP contribution >= 0.6 is 15.9 Å². The predicted octanol–water partition coefficient (Wildman–Crippen LogP) is 1.07. The number of hydrogen-bond acceptors (Lipinski definition) is 5. The summed E-state index contributed by atoms with van der Waals surface area (Å²) < 4.78 is 7.87. The van der Waals surface area contributed by atoms with Crippen LogP contribution < -0.4 is 11.3 Å². The molecule has 1 aliphatic heterocycles. The van der Waals surface area contributed by atoms with Gasteiger partial charge in [-0.25, -0.2) is 4.98 Å². The zero-order valence-corrected chi connectivity index (χ0v) is 13.3. The van der Waals surface area contributed by atoms with Crippen LogP contribution in [0.25, 0.3) is 10.9 Å². The molecule has 2 N–H and O–H groups in total. The number of benzene rings is 1. The minimum absolute atomic E-state index is 0.113. The number of nitrogen functional groups attached to an aromatic ring is 1. The Kier molecular flexibility index (Phi) is 3.97. The second-order valence-corrected chi connectivity index (χ2v) is 6.17. The Hall–Kier alpha value is -1.44. The first-order valence-electron chi connectivity index (χ1n) is 6.80. The molecule has 1 atom stereocenters. The highest BCUT2D eigenvalue weighted by molar-refractivity contribution is 9.10. The van der Waals surface area contributed by atoms with Gasteiger partial charge in [0, 0.05) is 17.6 Å². The number of halogens is 1. The molecule has 0 spiro atoms. The number of aromatic nitrogens is 2. The lowest BCUT2D eigenvalue weighted by molar-refractivity contribution is -0.000330. The monoisotopic (exact) mass is 352 g/mol. The van der Waals surface area contributed by atoms with Crippen molar-refractivity contribution in [3.63, 3.8) is 0 Å². The van der Waals surface area contributed by atoms with E-state index in [0.717, 1.165) is 17.6 Å². The van der Waals surface area contributed by atoms with E-state index in [1.807, 2.05) is 13.1 Å². The number of ether oxygens (including phenoxy) is 1. The fourth-order valence-electron chi connectivity index (χ4n) is 2.53. The van der Waals surface area contributed by atoms with Gasteiger partial charge in [-0.05, 0) is 25.2 Å². The molecule has 1 aliphatic rings. The van der Waals surface area contributed by atoms with E-state index in [-0.39, 0.29) is 17.5 Å². The molecule has 2 heterocycles. The third-order valence-corrected chi connectivity index (χ3v) is 4.35. The van der Waals surface area contributed by atoms with E-state index in [2.05, 4.69) is 25.8 Å². The molecule has 7 heteroatoms. The molecule has 1 fully saturated rings. The van der Waals surface area contributed by atoms with Crippen LogP contribution in [0.5, 0.6) is 0 Å². The molecular formula is C14H17BrN4O2. The Balaban J connectivity index is 2.03. The van der Waals surface area contributed by atoms with Gasteiger partial charge in [0.05, 0.1) is 30.2 Å². The van der Waals surface area contributed by atoms with Crippen molar-refractivity contribution < 1.29 is 4.74 Å². The van der Waals surface area contributed by atoms with Crippen molar-refractivity contribution in [2.24, 2.45) is 0 Å². The normalized spacial score (nSPS) is 20.0. The lowest BCUT2D eigenvalue weighted by Crippen LogP contribution is -2.46. The van der Waals surface area contributed by atoms with Gasteiger partial charge in [-0.2, -0.15) is 0 Å². The van der Waals surface area contributed by atoms with E-state index in [1.54, 1.807) is 12.1 Å². The summed E-state index contributed by atoms with van der Waals surface area (Å²) in [6.45, 7) is 2.65. The smallest absolute Gasteiger partial charge is 0.262 e. The van der Waals surface area contributed by atoms with Crippen molar-refractivity contribution in [2.45, 2.75) is 12.6 Å². The van der Waals surface area contributed by atoms with Crippen molar-refractivity contribution in [3.05, 3.63) is 33.0 Å². The van der Waals surface area contributed by atoms with E-state index in [1.165, 1.54) is 4.57 Å². The molecule has 112 valence electrons. The summed E-state index contributed by atoms with van der Waals surface area (Å²) in [5.74, 6) is 0.244. The summed E-state index contributed by atoms with van der Waals surface area (Å²) in [5.41, 5.74) is 6.47. The van der Waals surface area contributed by atoms with Crippen LogP contribution in [0, 0.1) is 0 Å². The molecule has 1 unspecified atom stereocenters. The van der Waals surface area contributed by atoms with Crippen LogP contribution in [0.3, 0.4) is 0 Å². The Bertz CT molecular complexity index is 731. The lowest BCUT2D eigenvalue weighted by atomic mass is 10.2. The fraction of sp³-hybridized carbons (Fsp3) is 0.429. The lowest BCUT2D eigenvalue weighted by Gasteiger charge is -2.32. The number of likely N-dealkylation sites (N-methyl/N-ethyl adjacent to an activating group) is 1. The number of fused-ring (bicyclic) bond motifs is 1. The van der Waals surface area contributed by atoms with E-state index in [4.69, 9.17) is 10.5 Å². The van der Waals surface area contributed by atoms with Crippen molar-refractivity contribution in [3.8, 4) is 0 Å². The highest BCUT2D eigenvalue weighted by atomic mass is 79.9. The van der Waals surface area contributed by atoms with E-state index in [9.17, 15) is 4.79 Å². The van der Waals surface area contributed by atoms with E-state index in [0.29, 0.717) is 24.1 Å². The Morgan fingerprint density at radius 3 is 3.10 bits per heavy atom. The second-order valence-electron chi connectivity index (χ2n) is 5.26. The van der Waals surface area contributed by atoms with Gasteiger partial charge in [-0.15, -0.1) is 0 Å². The van der Waals surface area contributed by atoms with Crippen LogP contribution in [0.2, 0.25) is 0 Å². The zero-order chi connectivity index (χ0) is 15.0. The van der Waals surface area contributed by atoms with Gasteiger partial charge in [0.1, 0.15) is 0 Å². The molecule has 1 aromatic carbocycles. The SMILES string of the molecule is CN1CCOCC1Cn1c(N)nc2ccc(Br)cc2c1=O. The maximum atomic E-state index is 12.6. The number of nitrogens with zero attached hydrogens (tertiary/aromatic N) is 3. The number of nitrogens with two attached hydrogens (primary N) is 1. The van der Waals surface area contributed by atoms with Gasteiger partial charge in [0.25, 0.3) is 5.56 Å². The third-order valence-electron chi connectivity index (χ3n) is 3.86. The van der Waals surface area contributed by atoms with Crippen LogP contribution in [-0.2, 0) is 11.3 Å². The topological polar surface area (TPSA) is 73.4 Å². The molecule has 0 saturated carbocycles. The van der Waals surface area contributed by atoms with Crippen molar-refractivity contribution in [2.75, 3.05) is 32.5 Å². The summed E-state index contributed by atoms with van der Waals surface area (Å²) in [7, 11) is 2.03. The standard InChI is InChI=1S/C14H17BrN4O2/c1-18-4-5-21-8-10(18)7-19-13(20)11-6-9(15)2-3-12(11)17-14(19)16/h2-3,6,10H,4-5,7-8H2,1H3,(H2,16,17). The zero-order valence-electron chi connectivity index (χ0n) is 11.8. The first-order valence-corrected chi connectivity index (χ1v) is 7.59. The largest absolute Gasteiger partial charge is 0.378 e. The molecule has 3 rings (SSSR count). The van der Waals surface area contributed by atoms with Crippen molar-refractivity contribution in [1.82, 2.24) is 14.5 Å². The number of hydrogen-bond donors (Lipinski definition) is 1. The number of anilines is 1. The Morgan fingerprint density at radius 1 is 1.52 bits per heavy atom. The molecule has 0 radical (unpaired) electrons. The molecule has 0 bridgehead atoms. The first kappa shape index (κ1) is 14.5. The molecule has 6 nitrogen and oxygen atoms in total. The molecule has 0 aliphatic carbocycles. The fourth-order valence-corrected chi connectivity index (χ4v) is 2.89. The average Bonchev–Trinajstić information content (AvgIpc) is 2.46. The summed E-state index contributed by atoms with van der Waals surface area (Å²) in [6, 6.07) is 5.55. The second kappa shape index (κ2) is 5.75. The highest BCUT2D eigenvalue weighted by Crippen LogP contribution is 2.17. The Labute approximate surface area is 130 Å². The van der Waals surface area contributed by atoms with Gasteiger partial charge in [-0.1, -0.05) is 15.9 Å². The predicted molar refractivity (Wildman–Crippen MR) is 85.4 cm³/mol. The van der Waals surface area contributed by atoms with Crippen LogP contribution in [0.15, 0.2) is 27.5 Å². The molecule has 21 heavy (non-hydrogen) atoms. The maximum Gasteiger partial charge on any atom is 0.262 e. The van der Waals surface area contributed by atoms with Gasteiger partial charge in [-0.3, -0.25) is 14.3 Å².